The lowest BCUT2D eigenvalue weighted by Gasteiger charge is -2.31. The van der Waals surface area contributed by atoms with Crippen LogP contribution in [0.5, 0.6) is 0 Å². The van der Waals surface area contributed by atoms with E-state index in [2.05, 4.69) is 63.9 Å². The minimum absolute atomic E-state index is 0.153. The quantitative estimate of drug-likeness (QED) is 0.358. The molecule has 0 aromatic heterocycles. The molecule has 1 saturated heterocycles. The minimum atomic E-state index is -0.651. The van der Waals surface area contributed by atoms with E-state index in [0.717, 1.165) is 24.2 Å². The van der Waals surface area contributed by atoms with Crippen LogP contribution < -0.4 is 21.7 Å². The van der Waals surface area contributed by atoms with Crippen molar-refractivity contribution in [1.82, 2.24) is 16.0 Å². The maximum Gasteiger partial charge on any atom is 0.242 e. The van der Waals surface area contributed by atoms with E-state index in [9.17, 15) is 9.59 Å². The Kier molecular flexibility index (Phi) is 8.60. The maximum absolute atomic E-state index is 13.0. The smallest absolute Gasteiger partial charge is 0.242 e. The largest absolute Gasteiger partial charge is 0.384 e. The molecule has 3 rings (SSSR count). The molecule has 1 aliphatic rings. The summed E-state index contributed by atoms with van der Waals surface area (Å²) in [6.45, 7) is 10.0. The van der Waals surface area contributed by atoms with Crippen LogP contribution in [0.4, 0.5) is 0 Å². The Bertz CT molecular complexity index is 1120. The van der Waals surface area contributed by atoms with Crippen molar-refractivity contribution in [2.24, 2.45) is 10.7 Å². The first-order valence-corrected chi connectivity index (χ1v) is 11.7. The number of allylic oxidation sites excluding steroid dienone is 1. The first-order chi connectivity index (χ1) is 16.3. The fraction of sp³-hybridized carbons (Fsp3) is 0.370. The Morgan fingerprint density at radius 3 is 2.74 bits per heavy atom. The van der Waals surface area contributed by atoms with Crippen LogP contribution >= 0.6 is 0 Å². The summed E-state index contributed by atoms with van der Waals surface area (Å²) >= 11 is 0. The van der Waals surface area contributed by atoms with Crippen molar-refractivity contribution < 1.29 is 9.59 Å². The van der Waals surface area contributed by atoms with Crippen LogP contribution in [0.2, 0.25) is 0 Å². The summed E-state index contributed by atoms with van der Waals surface area (Å²) in [4.78, 5) is 29.7. The molecule has 5 N–H and O–H groups in total. The molecule has 0 aliphatic carbocycles. The number of benzene rings is 2. The van der Waals surface area contributed by atoms with Crippen molar-refractivity contribution in [2.75, 3.05) is 13.1 Å². The average molecular weight is 462 g/mol. The molecule has 1 heterocycles. The highest BCUT2D eigenvalue weighted by Gasteiger charge is 2.30. The van der Waals surface area contributed by atoms with E-state index >= 15 is 0 Å². The van der Waals surface area contributed by atoms with E-state index in [1.165, 1.54) is 22.4 Å². The normalized spacial score (nSPS) is 20.3. The van der Waals surface area contributed by atoms with Crippen LogP contribution in [-0.2, 0) is 9.59 Å². The third-order valence-electron chi connectivity index (χ3n) is 6.39. The average Bonchev–Trinajstić information content (AvgIpc) is 2.86. The molecule has 0 saturated carbocycles. The van der Waals surface area contributed by atoms with E-state index < -0.39 is 6.04 Å². The van der Waals surface area contributed by atoms with Gasteiger partial charge in [-0.2, -0.15) is 0 Å². The number of aliphatic imine (C=N–C) groups is 1. The lowest BCUT2D eigenvalue weighted by molar-refractivity contribution is -0.129. The molecule has 0 bridgehead atoms. The predicted octanol–water partition coefficient (Wildman–Crippen LogP) is 3.13. The molecule has 1 fully saturated rings. The van der Waals surface area contributed by atoms with Gasteiger partial charge in [-0.3, -0.25) is 9.59 Å². The van der Waals surface area contributed by atoms with Crippen LogP contribution in [0.3, 0.4) is 0 Å². The zero-order chi connectivity index (χ0) is 24.7. The minimum Gasteiger partial charge on any atom is -0.384 e. The van der Waals surface area contributed by atoms with Gasteiger partial charge in [0.05, 0.1) is 6.04 Å². The molecule has 0 unspecified atom stereocenters. The summed E-state index contributed by atoms with van der Waals surface area (Å²) in [6.07, 6.45) is 3.13. The Balaban J connectivity index is 1.58. The lowest BCUT2D eigenvalue weighted by Crippen LogP contribution is -2.53. The first-order valence-electron chi connectivity index (χ1n) is 11.7. The van der Waals surface area contributed by atoms with Gasteiger partial charge in [-0.1, -0.05) is 49.0 Å². The van der Waals surface area contributed by atoms with Crippen molar-refractivity contribution in [3.63, 3.8) is 0 Å². The van der Waals surface area contributed by atoms with Gasteiger partial charge in [0.15, 0.2) is 0 Å². The number of amides is 2. The van der Waals surface area contributed by atoms with Gasteiger partial charge in [0, 0.05) is 12.2 Å². The number of carbonyl (C=O) groups is 2. The molecule has 34 heavy (non-hydrogen) atoms. The SMILES string of the molecule is C=CC(N)=N/C(C)=C(\C)CNC(=O)[C@H](C)NC(=O)[C@H]1C[C@@H](c2cccc3ccccc23)CCN1. The molecular formula is C27H35N5O2. The van der Waals surface area contributed by atoms with Crippen LogP contribution in [0.15, 0.2) is 71.4 Å². The molecule has 3 atom stereocenters. The van der Waals surface area contributed by atoms with Gasteiger partial charge in [-0.25, -0.2) is 4.99 Å². The molecule has 0 radical (unpaired) electrons. The van der Waals surface area contributed by atoms with E-state index in [-0.39, 0.29) is 23.8 Å². The van der Waals surface area contributed by atoms with Crippen molar-refractivity contribution in [1.29, 1.82) is 0 Å². The number of fused-ring (bicyclic) bond motifs is 1. The number of piperidine rings is 1. The zero-order valence-electron chi connectivity index (χ0n) is 20.2. The van der Waals surface area contributed by atoms with E-state index in [4.69, 9.17) is 5.73 Å². The second-order valence-electron chi connectivity index (χ2n) is 8.85. The van der Waals surface area contributed by atoms with Gasteiger partial charge in [-0.05, 0) is 74.1 Å². The number of amidine groups is 1. The highest BCUT2D eigenvalue weighted by atomic mass is 16.2. The molecule has 1 aliphatic heterocycles. The number of rotatable bonds is 8. The number of hydrogen-bond acceptors (Lipinski definition) is 4. The molecule has 7 nitrogen and oxygen atoms in total. The first kappa shape index (κ1) is 25.2. The van der Waals surface area contributed by atoms with Crippen molar-refractivity contribution in [3.05, 3.63) is 72.0 Å². The second-order valence-corrected chi connectivity index (χ2v) is 8.85. The number of nitrogens with zero attached hydrogens (tertiary/aromatic N) is 1. The van der Waals surface area contributed by atoms with Gasteiger partial charge in [0.1, 0.15) is 11.9 Å². The van der Waals surface area contributed by atoms with Crippen molar-refractivity contribution in [3.8, 4) is 0 Å². The Morgan fingerprint density at radius 1 is 1.24 bits per heavy atom. The molecule has 0 spiro atoms. The van der Waals surface area contributed by atoms with Crippen LogP contribution in [-0.4, -0.2) is 42.8 Å². The Labute approximate surface area is 201 Å². The van der Waals surface area contributed by atoms with Gasteiger partial charge in [-0.15, -0.1) is 0 Å². The van der Waals surface area contributed by atoms with Crippen molar-refractivity contribution in [2.45, 2.75) is 51.6 Å². The summed E-state index contributed by atoms with van der Waals surface area (Å²) in [7, 11) is 0. The third-order valence-corrected chi connectivity index (χ3v) is 6.39. The topological polar surface area (TPSA) is 109 Å². The summed E-state index contributed by atoms with van der Waals surface area (Å²) in [5.74, 6) is 0.208. The van der Waals surface area contributed by atoms with E-state index in [1.54, 1.807) is 6.92 Å². The van der Waals surface area contributed by atoms with Crippen molar-refractivity contribution >= 4 is 28.4 Å². The molecular weight excluding hydrogens is 426 g/mol. The summed E-state index contributed by atoms with van der Waals surface area (Å²) in [5.41, 5.74) is 8.55. The molecule has 7 heteroatoms. The van der Waals surface area contributed by atoms with Gasteiger partial charge < -0.3 is 21.7 Å². The van der Waals surface area contributed by atoms with Gasteiger partial charge >= 0.3 is 0 Å². The van der Waals surface area contributed by atoms with Gasteiger partial charge in [0.2, 0.25) is 11.8 Å². The number of hydrogen-bond donors (Lipinski definition) is 4. The molecule has 2 aromatic carbocycles. The van der Waals surface area contributed by atoms with E-state index in [1.807, 2.05) is 19.9 Å². The van der Waals surface area contributed by atoms with Gasteiger partial charge in [0.25, 0.3) is 0 Å². The Hall–Kier alpha value is -3.45. The highest BCUT2D eigenvalue weighted by Crippen LogP contribution is 2.33. The van der Waals surface area contributed by atoms with E-state index in [0.29, 0.717) is 18.8 Å². The number of nitrogens with one attached hydrogen (secondary N) is 3. The fourth-order valence-corrected chi connectivity index (χ4v) is 4.22. The Morgan fingerprint density at radius 2 is 1.97 bits per heavy atom. The highest BCUT2D eigenvalue weighted by molar-refractivity contribution is 5.92. The maximum atomic E-state index is 13.0. The number of nitrogens with two attached hydrogens (primary N) is 1. The molecule has 180 valence electrons. The van der Waals surface area contributed by atoms with Crippen LogP contribution in [0.25, 0.3) is 10.8 Å². The second kappa shape index (κ2) is 11.6. The summed E-state index contributed by atoms with van der Waals surface area (Å²) < 4.78 is 0. The molecule has 2 aromatic rings. The third kappa shape index (κ3) is 6.32. The summed E-state index contributed by atoms with van der Waals surface area (Å²) in [5, 5.41) is 11.5. The number of carbonyl (C=O) groups excluding carboxylic acids is 2. The van der Waals surface area contributed by atoms with Crippen LogP contribution in [0, 0.1) is 0 Å². The standard InChI is InChI=1S/C27H35N5O2/c1-5-25(28)31-18(3)17(2)16-30-26(33)19(4)32-27(34)24-15-21(13-14-29-24)23-12-8-10-20-9-6-7-11-22(20)23/h5-12,19,21,24,29H,1,13-16H2,2-4H3,(H2,28,31)(H,30,33)(H,32,34)/b18-17+/t19-,21-,24+/m0/s1. The lowest BCUT2D eigenvalue weighted by atomic mass is 9.83. The molecule has 2 amide bonds. The van der Waals surface area contributed by atoms with Crippen LogP contribution in [0.1, 0.15) is 45.1 Å². The fourth-order valence-electron chi connectivity index (χ4n) is 4.22. The predicted molar refractivity (Wildman–Crippen MR) is 139 cm³/mol. The monoisotopic (exact) mass is 461 g/mol. The zero-order valence-corrected chi connectivity index (χ0v) is 20.2. The summed E-state index contributed by atoms with van der Waals surface area (Å²) in [6, 6.07) is 13.7.